The SMILES string of the molecule is CC(N)CC(=O)NC1CC1Cc1ccccc1.Cl. The van der Waals surface area contributed by atoms with Gasteiger partial charge in [-0.25, -0.2) is 0 Å². The van der Waals surface area contributed by atoms with E-state index >= 15 is 0 Å². The number of hydrogen-bond acceptors (Lipinski definition) is 2. The molecular weight excluding hydrogens is 248 g/mol. The molecule has 100 valence electrons. The minimum absolute atomic E-state index is 0. The van der Waals surface area contributed by atoms with Gasteiger partial charge in [-0.05, 0) is 31.2 Å². The molecule has 2 rings (SSSR count). The van der Waals surface area contributed by atoms with Crippen LogP contribution in [0.15, 0.2) is 30.3 Å². The van der Waals surface area contributed by atoms with Crippen molar-refractivity contribution in [2.24, 2.45) is 11.7 Å². The van der Waals surface area contributed by atoms with Gasteiger partial charge in [-0.1, -0.05) is 30.3 Å². The van der Waals surface area contributed by atoms with Crippen molar-refractivity contribution in [3.8, 4) is 0 Å². The van der Waals surface area contributed by atoms with Gasteiger partial charge in [-0.2, -0.15) is 0 Å². The van der Waals surface area contributed by atoms with E-state index in [0.29, 0.717) is 18.4 Å². The van der Waals surface area contributed by atoms with Crippen molar-refractivity contribution in [2.45, 2.75) is 38.3 Å². The van der Waals surface area contributed by atoms with Crippen LogP contribution in [0, 0.1) is 5.92 Å². The fourth-order valence-electron chi connectivity index (χ4n) is 2.12. The van der Waals surface area contributed by atoms with Crippen molar-refractivity contribution in [1.82, 2.24) is 5.32 Å². The third-order valence-electron chi connectivity index (χ3n) is 3.12. The van der Waals surface area contributed by atoms with Crippen LogP contribution in [0.5, 0.6) is 0 Å². The number of benzene rings is 1. The summed E-state index contributed by atoms with van der Waals surface area (Å²) in [7, 11) is 0. The van der Waals surface area contributed by atoms with Crippen molar-refractivity contribution in [3.63, 3.8) is 0 Å². The van der Waals surface area contributed by atoms with Crippen LogP contribution in [0.3, 0.4) is 0 Å². The lowest BCUT2D eigenvalue weighted by molar-refractivity contribution is -0.121. The Hall–Kier alpha value is -1.06. The summed E-state index contributed by atoms with van der Waals surface area (Å²) in [4.78, 5) is 11.5. The average molecular weight is 269 g/mol. The predicted molar refractivity (Wildman–Crippen MR) is 75.7 cm³/mol. The molecule has 0 saturated heterocycles. The quantitative estimate of drug-likeness (QED) is 0.857. The molecule has 1 aromatic rings. The first kappa shape index (κ1) is 15.0. The standard InChI is InChI=1S/C14H20N2O.ClH/c1-10(15)7-14(17)16-13-9-12(13)8-11-5-3-2-4-6-11;/h2-6,10,12-13H,7-9,15H2,1H3,(H,16,17);1H. The van der Waals surface area contributed by atoms with Gasteiger partial charge in [0.05, 0.1) is 0 Å². The molecule has 1 saturated carbocycles. The van der Waals surface area contributed by atoms with Crippen LogP contribution in [0.4, 0.5) is 0 Å². The fraction of sp³-hybridized carbons (Fsp3) is 0.500. The maximum atomic E-state index is 11.5. The first-order valence-corrected chi connectivity index (χ1v) is 6.24. The van der Waals surface area contributed by atoms with Gasteiger partial charge in [0, 0.05) is 18.5 Å². The zero-order chi connectivity index (χ0) is 12.3. The molecule has 3 unspecified atom stereocenters. The topological polar surface area (TPSA) is 55.1 Å². The van der Waals surface area contributed by atoms with Crippen LogP contribution in [0.1, 0.15) is 25.3 Å². The maximum Gasteiger partial charge on any atom is 0.221 e. The second kappa shape index (κ2) is 6.76. The predicted octanol–water partition coefficient (Wildman–Crippen LogP) is 1.89. The second-order valence-corrected chi connectivity index (χ2v) is 5.04. The summed E-state index contributed by atoms with van der Waals surface area (Å²) in [5.41, 5.74) is 6.94. The molecule has 0 bridgehead atoms. The molecule has 1 aliphatic rings. The Morgan fingerprint density at radius 3 is 2.72 bits per heavy atom. The normalized spacial score (nSPS) is 22.8. The van der Waals surface area contributed by atoms with E-state index in [0.717, 1.165) is 12.8 Å². The van der Waals surface area contributed by atoms with Crippen LogP contribution >= 0.6 is 12.4 Å². The maximum absolute atomic E-state index is 11.5. The van der Waals surface area contributed by atoms with E-state index in [9.17, 15) is 4.79 Å². The fourth-order valence-corrected chi connectivity index (χ4v) is 2.12. The molecule has 1 aliphatic carbocycles. The average Bonchev–Trinajstić information content (AvgIpc) is 2.96. The highest BCUT2D eigenvalue weighted by molar-refractivity contribution is 5.85. The molecule has 3 N–H and O–H groups in total. The minimum Gasteiger partial charge on any atom is -0.353 e. The Bertz CT molecular complexity index is 381. The molecule has 0 aliphatic heterocycles. The van der Waals surface area contributed by atoms with Crippen molar-refractivity contribution >= 4 is 18.3 Å². The van der Waals surface area contributed by atoms with E-state index in [1.807, 2.05) is 13.0 Å². The lowest BCUT2D eigenvalue weighted by atomic mass is 10.1. The Labute approximate surface area is 115 Å². The summed E-state index contributed by atoms with van der Waals surface area (Å²) < 4.78 is 0. The van der Waals surface area contributed by atoms with Crippen molar-refractivity contribution in [2.75, 3.05) is 0 Å². The van der Waals surface area contributed by atoms with Gasteiger partial charge in [-0.15, -0.1) is 12.4 Å². The van der Waals surface area contributed by atoms with Gasteiger partial charge < -0.3 is 11.1 Å². The number of rotatable bonds is 5. The Balaban J connectivity index is 0.00000162. The molecule has 1 fully saturated rings. The van der Waals surface area contributed by atoms with Crippen LogP contribution < -0.4 is 11.1 Å². The Kier molecular flexibility index (Phi) is 5.63. The summed E-state index contributed by atoms with van der Waals surface area (Å²) in [5.74, 6) is 0.690. The van der Waals surface area contributed by atoms with Gasteiger partial charge in [0.2, 0.25) is 5.91 Å². The molecule has 1 aromatic carbocycles. The van der Waals surface area contributed by atoms with Gasteiger partial charge in [0.15, 0.2) is 0 Å². The number of carbonyl (C=O) groups is 1. The summed E-state index contributed by atoms with van der Waals surface area (Å²) in [6.45, 7) is 1.86. The van der Waals surface area contributed by atoms with Crippen molar-refractivity contribution in [3.05, 3.63) is 35.9 Å². The summed E-state index contributed by atoms with van der Waals surface area (Å²) >= 11 is 0. The van der Waals surface area contributed by atoms with E-state index < -0.39 is 0 Å². The second-order valence-electron chi connectivity index (χ2n) is 5.04. The van der Waals surface area contributed by atoms with Gasteiger partial charge in [0.25, 0.3) is 0 Å². The smallest absolute Gasteiger partial charge is 0.221 e. The van der Waals surface area contributed by atoms with E-state index in [-0.39, 0.29) is 24.4 Å². The largest absolute Gasteiger partial charge is 0.353 e. The molecule has 0 spiro atoms. The van der Waals surface area contributed by atoms with Crippen molar-refractivity contribution in [1.29, 1.82) is 0 Å². The monoisotopic (exact) mass is 268 g/mol. The van der Waals surface area contributed by atoms with Crippen LogP contribution in [0.25, 0.3) is 0 Å². The number of hydrogen-bond donors (Lipinski definition) is 2. The van der Waals surface area contributed by atoms with E-state index in [1.54, 1.807) is 0 Å². The van der Waals surface area contributed by atoms with Crippen molar-refractivity contribution < 1.29 is 4.79 Å². The number of amides is 1. The Morgan fingerprint density at radius 1 is 1.44 bits per heavy atom. The number of halogens is 1. The van der Waals surface area contributed by atoms with Crippen LogP contribution in [-0.4, -0.2) is 18.0 Å². The number of carbonyl (C=O) groups excluding carboxylic acids is 1. The highest BCUT2D eigenvalue weighted by atomic mass is 35.5. The number of nitrogens with one attached hydrogen (secondary N) is 1. The van der Waals surface area contributed by atoms with Crippen LogP contribution in [-0.2, 0) is 11.2 Å². The third kappa shape index (κ3) is 4.67. The molecule has 3 atom stereocenters. The van der Waals surface area contributed by atoms with Crippen LogP contribution in [0.2, 0.25) is 0 Å². The lowest BCUT2D eigenvalue weighted by Crippen LogP contribution is -2.32. The highest BCUT2D eigenvalue weighted by Crippen LogP contribution is 2.33. The molecule has 3 nitrogen and oxygen atoms in total. The van der Waals surface area contributed by atoms with E-state index in [1.165, 1.54) is 5.56 Å². The molecule has 0 heterocycles. The molecule has 0 radical (unpaired) electrons. The third-order valence-corrected chi connectivity index (χ3v) is 3.12. The lowest BCUT2D eigenvalue weighted by Gasteiger charge is -2.06. The molecule has 0 aromatic heterocycles. The Morgan fingerprint density at radius 2 is 2.11 bits per heavy atom. The molecular formula is C14H21ClN2O. The van der Waals surface area contributed by atoms with Gasteiger partial charge in [0.1, 0.15) is 0 Å². The van der Waals surface area contributed by atoms with Gasteiger partial charge in [-0.3, -0.25) is 4.79 Å². The molecule has 1 amide bonds. The summed E-state index contributed by atoms with van der Waals surface area (Å²) in [5, 5.41) is 3.04. The minimum atomic E-state index is -0.0543. The zero-order valence-corrected chi connectivity index (χ0v) is 11.5. The van der Waals surface area contributed by atoms with E-state index in [4.69, 9.17) is 5.73 Å². The van der Waals surface area contributed by atoms with Gasteiger partial charge >= 0.3 is 0 Å². The first-order chi connectivity index (χ1) is 8.15. The summed E-state index contributed by atoms with van der Waals surface area (Å²) in [6, 6.07) is 10.7. The first-order valence-electron chi connectivity index (χ1n) is 6.24. The molecule has 4 heteroatoms. The summed E-state index contributed by atoms with van der Waals surface area (Å²) in [6.07, 6.45) is 2.58. The van der Waals surface area contributed by atoms with E-state index in [2.05, 4.69) is 29.6 Å². The molecule has 18 heavy (non-hydrogen) atoms. The highest BCUT2D eigenvalue weighted by Gasteiger charge is 2.37. The zero-order valence-electron chi connectivity index (χ0n) is 10.6. The number of nitrogens with two attached hydrogens (primary N) is 1.